The summed E-state index contributed by atoms with van der Waals surface area (Å²) < 4.78 is 0. The topological polar surface area (TPSA) is 79.3 Å². The molecular weight excluding hydrogens is 348 g/mol. The van der Waals surface area contributed by atoms with Gasteiger partial charge >= 0.3 is 5.97 Å². The lowest BCUT2D eigenvalue weighted by atomic mass is 9.79. The molecule has 2 bridgehead atoms. The van der Waals surface area contributed by atoms with Crippen LogP contribution in [0.5, 0.6) is 0 Å². The van der Waals surface area contributed by atoms with Crippen LogP contribution in [0.25, 0.3) is 11.3 Å². The molecule has 1 heterocycles. The van der Waals surface area contributed by atoms with Crippen molar-refractivity contribution in [1.29, 1.82) is 0 Å². The lowest BCUT2D eigenvalue weighted by molar-refractivity contribution is -0.148. The van der Waals surface area contributed by atoms with Crippen molar-refractivity contribution in [2.75, 3.05) is 5.32 Å². The van der Waals surface area contributed by atoms with Crippen molar-refractivity contribution in [3.05, 3.63) is 34.7 Å². The number of aromatic nitrogens is 1. The highest BCUT2D eigenvalue weighted by Gasteiger charge is 2.54. The summed E-state index contributed by atoms with van der Waals surface area (Å²) in [5.74, 6) is -1.66. The number of carbonyl (C=O) groups excluding carboxylic acids is 1. The van der Waals surface area contributed by atoms with E-state index in [1.807, 2.05) is 11.4 Å². The van der Waals surface area contributed by atoms with Crippen molar-refractivity contribution in [2.45, 2.75) is 33.1 Å². The molecule has 2 aliphatic rings. The number of carboxylic acid groups (broad SMARTS) is 1. The first-order valence-corrected chi connectivity index (χ1v) is 9.89. The first-order chi connectivity index (χ1) is 12.4. The third-order valence-corrected chi connectivity index (χ3v) is 6.80. The molecule has 0 saturated heterocycles. The maximum atomic E-state index is 12.8. The fourth-order valence-electron chi connectivity index (χ4n) is 4.58. The van der Waals surface area contributed by atoms with Crippen molar-refractivity contribution < 1.29 is 14.7 Å². The third kappa shape index (κ3) is 2.92. The number of hydrogen-bond acceptors (Lipinski definition) is 4. The largest absolute Gasteiger partial charge is 0.481 e. The van der Waals surface area contributed by atoms with E-state index in [1.165, 1.54) is 22.5 Å². The lowest BCUT2D eigenvalue weighted by Gasteiger charge is -2.26. The van der Waals surface area contributed by atoms with Crippen LogP contribution in [0.4, 0.5) is 5.13 Å². The van der Waals surface area contributed by atoms with E-state index in [1.54, 1.807) is 0 Å². The summed E-state index contributed by atoms with van der Waals surface area (Å²) in [6, 6.07) is 6.18. The van der Waals surface area contributed by atoms with Crippen molar-refractivity contribution in [3.63, 3.8) is 0 Å². The van der Waals surface area contributed by atoms with E-state index in [4.69, 9.17) is 0 Å². The minimum atomic E-state index is -0.840. The number of nitrogens with one attached hydrogen (secondary N) is 1. The van der Waals surface area contributed by atoms with Gasteiger partial charge in [0.15, 0.2) is 5.13 Å². The maximum Gasteiger partial charge on any atom is 0.307 e. The average molecular weight is 370 g/mol. The Kier molecular flexibility index (Phi) is 4.31. The molecule has 1 aromatic carbocycles. The average Bonchev–Trinajstić information content (AvgIpc) is 3.32. The van der Waals surface area contributed by atoms with Crippen LogP contribution in [0.1, 0.15) is 30.4 Å². The number of amides is 1. The normalized spacial score (nSPS) is 26.8. The fourth-order valence-corrected chi connectivity index (χ4v) is 5.30. The minimum absolute atomic E-state index is 0.149. The number of benzene rings is 1. The highest BCUT2D eigenvalue weighted by molar-refractivity contribution is 7.14. The molecule has 2 saturated carbocycles. The monoisotopic (exact) mass is 370 g/mol. The number of hydrogen-bond donors (Lipinski definition) is 2. The molecule has 2 aromatic rings. The van der Waals surface area contributed by atoms with Gasteiger partial charge < -0.3 is 10.4 Å². The van der Waals surface area contributed by atoms with Crippen LogP contribution < -0.4 is 5.32 Å². The molecule has 2 aliphatic carbocycles. The van der Waals surface area contributed by atoms with Gasteiger partial charge in [-0.1, -0.05) is 12.1 Å². The molecule has 2 N–H and O–H groups in total. The zero-order valence-electron chi connectivity index (χ0n) is 14.9. The van der Waals surface area contributed by atoms with Gasteiger partial charge in [-0.25, -0.2) is 4.98 Å². The number of anilines is 1. The van der Waals surface area contributed by atoms with Gasteiger partial charge in [-0.05, 0) is 62.1 Å². The molecule has 1 aromatic heterocycles. The third-order valence-electron chi connectivity index (χ3n) is 6.04. The second-order valence-corrected chi connectivity index (χ2v) is 8.41. The number of fused-ring (bicyclic) bond motifs is 2. The number of rotatable bonds is 4. The molecule has 26 heavy (non-hydrogen) atoms. The summed E-state index contributed by atoms with van der Waals surface area (Å²) in [5.41, 5.74) is 4.28. The summed E-state index contributed by atoms with van der Waals surface area (Å²) in [6.45, 7) is 4.13. The van der Waals surface area contributed by atoms with Crippen molar-refractivity contribution in [2.24, 2.45) is 23.7 Å². The summed E-state index contributed by atoms with van der Waals surface area (Å²) in [6.07, 6.45) is 2.75. The molecule has 5 nitrogen and oxygen atoms in total. The number of carboxylic acids is 1. The van der Waals surface area contributed by atoms with E-state index < -0.39 is 17.8 Å². The highest BCUT2D eigenvalue weighted by Crippen LogP contribution is 2.52. The van der Waals surface area contributed by atoms with Crippen molar-refractivity contribution in [3.8, 4) is 11.3 Å². The van der Waals surface area contributed by atoms with E-state index in [9.17, 15) is 14.7 Å². The van der Waals surface area contributed by atoms with Crippen LogP contribution in [0.3, 0.4) is 0 Å². The van der Waals surface area contributed by atoms with Crippen LogP contribution in [0.2, 0.25) is 0 Å². The molecule has 4 rings (SSSR count). The lowest BCUT2D eigenvalue weighted by Crippen LogP contribution is -2.37. The van der Waals surface area contributed by atoms with Gasteiger partial charge in [0.05, 0.1) is 17.5 Å². The second kappa shape index (κ2) is 6.50. The Morgan fingerprint density at radius 2 is 1.88 bits per heavy atom. The zero-order valence-corrected chi connectivity index (χ0v) is 15.7. The van der Waals surface area contributed by atoms with Gasteiger partial charge in [0, 0.05) is 10.9 Å². The predicted molar refractivity (Wildman–Crippen MR) is 101 cm³/mol. The predicted octanol–water partition coefficient (Wildman–Crippen LogP) is 4.11. The Hall–Kier alpha value is -2.21. The van der Waals surface area contributed by atoms with Crippen LogP contribution in [0.15, 0.2) is 23.6 Å². The standard InChI is InChI=1S/C20H22N2O3S/c1-10-3-4-12(7-11(10)2)15-9-26-20(21-15)22-18(23)16-13-5-6-14(8-13)17(16)19(24)25/h3-4,7,9,13-14,16-17H,5-6,8H2,1-2H3,(H,24,25)(H,21,22,23)/t13-,14+,16-,17-/m1/s1. The number of thiazole rings is 1. The Morgan fingerprint density at radius 1 is 1.15 bits per heavy atom. The Balaban J connectivity index is 1.51. The highest BCUT2D eigenvalue weighted by atomic mass is 32.1. The zero-order chi connectivity index (χ0) is 18.4. The number of nitrogens with zero attached hydrogens (tertiary/aromatic N) is 1. The van der Waals surface area contributed by atoms with Gasteiger partial charge in [0.25, 0.3) is 0 Å². The number of aliphatic carboxylic acids is 1. The van der Waals surface area contributed by atoms with E-state index in [-0.39, 0.29) is 17.7 Å². The fraction of sp³-hybridized carbons (Fsp3) is 0.450. The SMILES string of the molecule is Cc1ccc(-c2csc(NC(=O)[C@@H]3[C@@H]4CC[C@@H](C4)[C@H]3C(=O)O)n2)cc1C. The van der Waals surface area contributed by atoms with E-state index in [0.29, 0.717) is 5.13 Å². The summed E-state index contributed by atoms with van der Waals surface area (Å²) in [4.78, 5) is 28.9. The quantitative estimate of drug-likeness (QED) is 0.849. The van der Waals surface area contributed by atoms with Gasteiger partial charge in [0.2, 0.25) is 5.91 Å². The minimum Gasteiger partial charge on any atom is -0.481 e. The molecule has 2 fully saturated rings. The summed E-state index contributed by atoms with van der Waals surface area (Å²) in [7, 11) is 0. The van der Waals surface area contributed by atoms with Crippen LogP contribution in [-0.4, -0.2) is 22.0 Å². The number of aryl methyl sites for hydroxylation is 2. The van der Waals surface area contributed by atoms with Gasteiger partial charge in [-0.15, -0.1) is 11.3 Å². The molecule has 0 aliphatic heterocycles. The molecular formula is C20H22N2O3S. The Morgan fingerprint density at radius 3 is 2.58 bits per heavy atom. The summed E-state index contributed by atoms with van der Waals surface area (Å²) in [5, 5.41) is 14.9. The van der Waals surface area contributed by atoms with Gasteiger partial charge in [-0.3, -0.25) is 9.59 Å². The first-order valence-electron chi connectivity index (χ1n) is 9.01. The van der Waals surface area contributed by atoms with Gasteiger partial charge in [-0.2, -0.15) is 0 Å². The molecule has 0 radical (unpaired) electrons. The molecule has 136 valence electrons. The Labute approximate surface area is 156 Å². The van der Waals surface area contributed by atoms with E-state index >= 15 is 0 Å². The summed E-state index contributed by atoms with van der Waals surface area (Å²) >= 11 is 1.38. The van der Waals surface area contributed by atoms with Gasteiger partial charge in [0.1, 0.15) is 0 Å². The van der Waals surface area contributed by atoms with E-state index in [2.05, 4.69) is 36.3 Å². The molecule has 4 atom stereocenters. The smallest absolute Gasteiger partial charge is 0.307 e. The second-order valence-electron chi connectivity index (χ2n) is 7.55. The maximum absolute atomic E-state index is 12.8. The number of carbonyl (C=O) groups is 2. The van der Waals surface area contributed by atoms with Crippen LogP contribution >= 0.6 is 11.3 Å². The van der Waals surface area contributed by atoms with Crippen molar-refractivity contribution in [1.82, 2.24) is 4.98 Å². The molecule has 0 unspecified atom stereocenters. The Bertz CT molecular complexity index is 876. The van der Waals surface area contributed by atoms with Crippen LogP contribution in [-0.2, 0) is 9.59 Å². The van der Waals surface area contributed by atoms with Crippen molar-refractivity contribution >= 4 is 28.3 Å². The first kappa shape index (κ1) is 17.2. The van der Waals surface area contributed by atoms with Crippen LogP contribution in [0, 0.1) is 37.5 Å². The molecule has 1 amide bonds. The van der Waals surface area contributed by atoms with E-state index in [0.717, 1.165) is 30.5 Å². The molecule has 6 heteroatoms. The molecule has 0 spiro atoms.